The van der Waals surface area contributed by atoms with Gasteiger partial charge in [-0.1, -0.05) is 27.5 Å². The molecule has 1 aromatic rings. The third kappa shape index (κ3) is 3.32. The zero-order valence-corrected chi connectivity index (χ0v) is 10.8. The Morgan fingerprint density at radius 3 is 2.62 bits per heavy atom. The first-order chi connectivity index (χ1) is 7.35. The second kappa shape index (κ2) is 4.98. The zero-order chi connectivity index (χ0) is 12.3. The number of benzene rings is 1. The standard InChI is InChI=1S/C7H6BrClN2O4S/c8-4-16(14,15)10-5-1-2-6(9)7(3-5)11(12)13/h1-3,10H,4H2. The average molecular weight is 330 g/mol. The number of hydrogen-bond acceptors (Lipinski definition) is 4. The highest BCUT2D eigenvalue weighted by Gasteiger charge is 2.15. The summed E-state index contributed by atoms with van der Waals surface area (Å²) in [5.74, 6) is 0. The summed E-state index contributed by atoms with van der Waals surface area (Å²) in [6.45, 7) is 0. The van der Waals surface area contributed by atoms with E-state index in [2.05, 4.69) is 20.7 Å². The van der Waals surface area contributed by atoms with Crippen molar-refractivity contribution in [1.29, 1.82) is 0 Å². The molecule has 0 saturated carbocycles. The van der Waals surface area contributed by atoms with Crippen molar-refractivity contribution in [3.8, 4) is 0 Å². The number of sulfonamides is 1. The fourth-order valence-electron chi connectivity index (χ4n) is 0.923. The SMILES string of the molecule is O=[N+]([O-])c1cc(NS(=O)(=O)CBr)ccc1Cl. The van der Waals surface area contributed by atoms with E-state index in [0.717, 1.165) is 6.07 Å². The fourth-order valence-corrected chi connectivity index (χ4v) is 1.99. The average Bonchev–Trinajstić information content (AvgIpc) is 2.20. The number of rotatable bonds is 4. The first-order valence-electron chi connectivity index (χ1n) is 3.86. The lowest BCUT2D eigenvalue weighted by molar-refractivity contribution is -0.384. The molecule has 9 heteroatoms. The van der Waals surface area contributed by atoms with Gasteiger partial charge in [0.1, 0.15) is 9.68 Å². The van der Waals surface area contributed by atoms with E-state index in [4.69, 9.17) is 11.6 Å². The van der Waals surface area contributed by atoms with Crippen LogP contribution in [0.3, 0.4) is 0 Å². The van der Waals surface area contributed by atoms with Gasteiger partial charge in [-0.2, -0.15) is 0 Å². The lowest BCUT2D eigenvalue weighted by Crippen LogP contribution is -2.13. The summed E-state index contributed by atoms with van der Waals surface area (Å²) in [5.41, 5.74) is -0.257. The summed E-state index contributed by atoms with van der Waals surface area (Å²) in [7, 11) is -3.53. The minimum Gasteiger partial charge on any atom is -0.283 e. The summed E-state index contributed by atoms with van der Waals surface area (Å²) < 4.78 is 24.2. The van der Waals surface area contributed by atoms with Crippen LogP contribution in [0.4, 0.5) is 11.4 Å². The molecule has 0 aromatic heterocycles. The number of nitrogens with zero attached hydrogens (tertiary/aromatic N) is 1. The number of nitro benzene ring substituents is 1. The molecule has 88 valence electrons. The van der Waals surface area contributed by atoms with Crippen molar-refractivity contribution in [2.24, 2.45) is 0 Å². The highest BCUT2D eigenvalue weighted by atomic mass is 79.9. The van der Waals surface area contributed by atoms with Crippen LogP contribution in [-0.2, 0) is 10.0 Å². The molecule has 0 aliphatic heterocycles. The summed E-state index contributed by atoms with van der Waals surface area (Å²) in [6.07, 6.45) is 0. The second-order valence-electron chi connectivity index (χ2n) is 2.75. The highest BCUT2D eigenvalue weighted by Crippen LogP contribution is 2.27. The Balaban J connectivity index is 3.09. The van der Waals surface area contributed by atoms with E-state index in [9.17, 15) is 18.5 Å². The predicted octanol–water partition coefficient (Wildman–Crippen LogP) is 2.34. The van der Waals surface area contributed by atoms with Gasteiger partial charge in [0.2, 0.25) is 10.0 Å². The second-order valence-corrected chi connectivity index (χ2v) is 6.18. The number of nitro groups is 1. The molecule has 0 unspecified atom stereocenters. The number of halogens is 2. The van der Waals surface area contributed by atoms with Gasteiger partial charge in [-0.15, -0.1) is 0 Å². The van der Waals surface area contributed by atoms with Gasteiger partial charge in [0.05, 0.1) is 10.6 Å². The lowest BCUT2D eigenvalue weighted by atomic mass is 10.3. The molecule has 1 aromatic carbocycles. The van der Waals surface area contributed by atoms with E-state index in [1.165, 1.54) is 12.1 Å². The van der Waals surface area contributed by atoms with Crippen LogP contribution < -0.4 is 4.72 Å². The number of anilines is 1. The van der Waals surface area contributed by atoms with Gasteiger partial charge >= 0.3 is 0 Å². The van der Waals surface area contributed by atoms with Gasteiger partial charge in [0, 0.05) is 6.07 Å². The number of alkyl halides is 1. The maximum Gasteiger partial charge on any atom is 0.289 e. The van der Waals surface area contributed by atoms with E-state index in [1.54, 1.807) is 0 Å². The van der Waals surface area contributed by atoms with Crippen LogP contribution in [0, 0.1) is 10.1 Å². The molecule has 0 saturated heterocycles. The molecular formula is C7H6BrClN2O4S. The Morgan fingerprint density at radius 1 is 1.50 bits per heavy atom. The molecule has 0 aliphatic rings. The summed E-state index contributed by atoms with van der Waals surface area (Å²) >= 11 is 8.35. The van der Waals surface area contributed by atoms with Crippen molar-refractivity contribution in [3.63, 3.8) is 0 Å². The molecular weight excluding hydrogens is 324 g/mol. The molecule has 0 heterocycles. The lowest BCUT2D eigenvalue weighted by Gasteiger charge is -2.05. The Kier molecular flexibility index (Phi) is 4.11. The molecule has 0 spiro atoms. The third-order valence-electron chi connectivity index (χ3n) is 1.56. The molecule has 0 bridgehead atoms. The van der Waals surface area contributed by atoms with Crippen molar-refractivity contribution in [2.75, 3.05) is 9.38 Å². The van der Waals surface area contributed by atoms with Crippen molar-refractivity contribution in [2.45, 2.75) is 0 Å². The topological polar surface area (TPSA) is 89.3 Å². The van der Waals surface area contributed by atoms with Gasteiger partial charge in [-0.05, 0) is 12.1 Å². The van der Waals surface area contributed by atoms with Crippen molar-refractivity contribution >= 4 is 48.9 Å². The molecule has 0 atom stereocenters. The number of hydrogen-bond donors (Lipinski definition) is 1. The highest BCUT2D eigenvalue weighted by molar-refractivity contribution is 9.10. The van der Waals surface area contributed by atoms with Gasteiger partial charge in [-0.25, -0.2) is 8.42 Å². The van der Waals surface area contributed by atoms with Crippen molar-refractivity contribution < 1.29 is 13.3 Å². The maximum absolute atomic E-state index is 11.2. The van der Waals surface area contributed by atoms with E-state index < -0.39 is 14.9 Å². The van der Waals surface area contributed by atoms with Crippen molar-refractivity contribution in [3.05, 3.63) is 33.3 Å². The largest absolute Gasteiger partial charge is 0.289 e. The van der Waals surface area contributed by atoms with Gasteiger partial charge in [0.25, 0.3) is 5.69 Å². The minimum atomic E-state index is -3.53. The van der Waals surface area contributed by atoms with Gasteiger partial charge < -0.3 is 0 Å². The van der Waals surface area contributed by atoms with E-state index in [0.29, 0.717) is 0 Å². The fraction of sp³-hybridized carbons (Fsp3) is 0.143. The molecule has 16 heavy (non-hydrogen) atoms. The van der Waals surface area contributed by atoms with E-state index >= 15 is 0 Å². The smallest absolute Gasteiger partial charge is 0.283 e. The van der Waals surface area contributed by atoms with Crippen LogP contribution in [0.25, 0.3) is 0 Å². The molecule has 0 fully saturated rings. The Hall–Kier alpha value is -0.860. The molecule has 0 amide bonds. The normalized spacial score (nSPS) is 11.1. The molecule has 0 aliphatic carbocycles. The van der Waals surface area contributed by atoms with Gasteiger partial charge in [0.15, 0.2) is 0 Å². The molecule has 1 N–H and O–H groups in total. The van der Waals surface area contributed by atoms with Crippen LogP contribution in [-0.4, -0.2) is 18.0 Å². The van der Waals surface area contributed by atoms with Crippen LogP contribution in [0.1, 0.15) is 0 Å². The van der Waals surface area contributed by atoms with Crippen molar-refractivity contribution in [1.82, 2.24) is 0 Å². The molecule has 1 rings (SSSR count). The molecule has 0 radical (unpaired) electrons. The number of nitrogens with one attached hydrogen (secondary N) is 1. The van der Waals surface area contributed by atoms with Crippen LogP contribution in [0.5, 0.6) is 0 Å². The Morgan fingerprint density at radius 2 is 2.12 bits per heavy atom. The quantitative estimate of drug-likeness (QED) is 0.521. The van der Waals surface area contributed by atoms with Crippen LogP contribution >= 0.6 is 27.5 Å². The van der Waals surface area contributed by atoms with Crippen LogP contribution in [0.15, 0.2) is 18.2 Å². The maximum atomic E-state index is 11.2. The Labute approximate surface area is 105 Å². The summed E-state index contributed by atoms with van der Waals surface area (Å²) in [5, 5.41) is 10.5. The summed E-state index contributed by atoms with van der Waals surface area (Å²) in [4.78, 5) is 9.86. The zero-order valence-electron chi connectivity index (χ0n) is 7.68. The first-order valence-corrected chi connectivity index (χ1v) is 7.01. The predicted molar refractivity (Wildman–Crippen MR) is 64.4 cm³/mol. The van der Waals surface area contributed by atoms with E-state index in [-0.39, 0.29) is 21.1 Å². The summed E-state index contributed by atoms with van der Waals surface area (Å²) in [6, 6.07) is 3.66. The molecule has 6 nitrogen and oxygen atoms in total. The van der Waals surface area contributed by atoms with Gasteiger partial charge in [-0.3, -0.25) is 14.8 Å². The Bertz CT molecular complexity index is 519. The minimum absolute atomic E-state index is 0.0493. The third-order valence-corrected chi connectivity index (χ3v) is 4.52. The van der Waals surface area contributed by atoms with E-state index in [1.807, 2.05) is 0 Å². The van der Waals surface area contributed by atoms with Crippen LogP contribution in [0.2, 0.25) is 5.02 Å². The first kappa shape index (κ1) is 13.2. The monoisotopic (exact) mass is 328 g/mol.